The van der Waals surface area contributed by atoms with E-state index in [2.05, 4.69) is 15.2 Å². The molecule has 1 atom stereocenters. The molecule has 1 fully saturated rings. The van der Waals surface area contributed by atoms with Crippen LogP contribution in [-0.4, -0.2) is 30.0 Å². The molecule has 1 amide bonds. The molecular formula is C19H19N3OS. The Hall–Kier alpha value is -2.40. The van der Waals surface area contributed by atoms with Gasteiger partial charge in [-0.15, -0.1) is 11.3 Å². The molecule has 0 spiro atoms. The van der Waals surface area contributed by atoms with E-state index in [0.29, 0.717) is 12.6 Å². The zero-order valence-electron chi connectivity index (χ0n) is 13.3. The highest BCUT2D eigenvalue weighted by atomic mass is 32.1. The van der Waals surface area contributed by atoms with Gasteiger partial charge in [0, 0.05) is 36.3 Å². The van der Waals surface area contributed by atoms with Crippen molar-refractivity contribution in [3.63, 3.8) is 0 Å². The topological polar surface area (TPSA) is 45.2 Å². The summed E-state index contributed by atoms with van der Waals surface area (Å²) in [6.45, 7) is 1.67. The Balaban J connectivity index is 1.48. The summed E-state index contributed by atoms with van der Waals surface area (Å²) >= 11 is 1.66. The van der Waals surface area contributed by atoms with Crippen LogP contribution >= 0.6 is 11.3 Å². The molecule has 5 heteroatoms. The SMILES string of the molecule is O=C(NCC1CCCN1c1nccs1)c1cccc2ccccc12. The molecule has 4 rings (SSSR count). The molecule has 1 saturated heterocycles. The maximum atomic E-state index is 12.7. The van der Waals surface area contributed by atoms with Crippen LogP contribution in [0.1, 0.15) is 23.2 Å². The Labute approximate surface area is 145 Å². The molecule has 2 aromatic carbocycles. The van der Waals surface area contributed by atoms with E-state index in [0.717, 1.165) is 40.9 Å². The van der Waals surface area contributed by atoms with Gasteiger partial charge in [-0.25, -0.2) is 4.98 Å². The second kappa shape index (κ2) is 6.61. The van der Waals surface area contributed by atoms with Crippen molar-refractivity contribution in [2.24, 2.45) is 0 Å². The molecule has 1 aliphatic rings. The summed E-state index contributed by atoms with van der Waals surface area (Å²) in [6.07, 6.45) is 4.08. The maximum Gasteiger partial charge on any atom is 0.251 e. The molecule has 1 aromatic heterocycles. The minimum absolute atomic E-state index is 0.00205. The van der Waals surface area contributed by atoms with E-state index >= 15 is 0 Å². The fourth-order valence-electron chi connectivity index (χ4n) is 3.39. The van der Waals surface area contributed by atoms with E-state index in [9.17, 15) is 4.79 Å². The molecule has 2 heterocycles. The predicted octanol–water partition coefficient (Wildman–Crippen LogP) is 3.70. The van der Waals surface area contributed by atoms with Crippen molar-refractivity contribution in [1.29, 1.82) is 0 Å². The summed E-state index contributed by atoms with van der Waals surface area (Å²) in [7, 11) is 0. The Kier molecular flexibility index (Phi) is 4.17. The number of nitrogens with zero attached hydrogens (tertiary/aromatic N) is 2. The molecule has 1 N–H and O–H groups in total. The summed E-state index contributed by atoms with van der Waals surface area (Å²) in [6, 6.07) is 14.2. The average molecular weight is 337 g/mol. The number of amides is 1. The average Bonchev–Trinajstić information content (AvgIpc) is 3.30. The first kappa shape index (κ1) is 15.1. The third kappa shape index (κ3) is 2.87. The summed E-state index contributed by atoms with van der Waals surface area (Å²) in [4.78, 5) is 19.4. The minimum Gasteiger partial charge on any atom is -0.350 e. The second-order valence-electron chi connectivity index (χ2n) is 6.04. The van der Waals surface area contributed by atoms with Crippen LogP contribution in [0.4, 0.5) is 5.13 Å². The van der Waals surface area contributed by atoms with Crippen molar-refractivity contribution in [1.82, 2.24) is 10.3 Å². The van der Waals surface area contributed by atoms with Crippen LogP contribution in [-0.2, 0) is 0 Å². The Morgan fingerprint density at radius 1 is 1.25 bits per heavy atom. The number of nitrogens with one attached hydrogen (secondary N) is 1. The first-order valence-electron chi connectivity index (χ1n) is 8.25. The number of rotatable bonds is 4. The molecule has 122 valence electrons. The van der Waals surface area contributed by atoms with Crippen molar-refractivity contribution in [2.75, 3.05) is 18.0 Å². The molecule has 3 aromatic rings. The number of carbonyl (C=O) groups is 1. The smallest absolute Gasteiger partial charge is 0.251 e. The number of anilines is 1. The third-order valence-electron chi connectivity index (χ3n) is 4.57. The maximum absolute atomic E-state index is 12.7. The van der Waals surface area contributed by atoms with Gasteiger partial charge in [-0.1, -0.05) is 36.4 Å². The lowest BCUT2D eigenvalue weighted by Gasteiger charge is -2.24. The van der Waals surface area contributed by atoms with E-state index < -0.39 is 0 Å². The highest BCUT2D eigenvalue weighted by Gasteiger charge is 2.26. The van der Waals surface area contributed by atoms with E-state index in [1.54, 1.807) is 11.3 Å². The van der Waals surface area contributed by atoms with Gasteiger partial charge in [0.05, 0.1) is 0 Å². The molecular weight excluding hydrogens is 318 g/mol. The van der Waals surface area contributed by atoms with Crippen LogP contribution < -0.4 is 10.2 Å². The summed E-state index contributed by atoms with van der Waals surface area (Å²) < 4.78 is 0. The standard InChI is InChI=1S/C19H19N3OS/c23-18(17-9-3-6-14-5-1-2-8-16(14)17)21-13-15-7-4-11-22(15)19-20-10-12-24-19/h1-3,5-6,8-10,12,15H,4,7,11,13H2,(H,21,23). The molecule has 0 bridgehead atoms. The second-order valence-corrected chi connectivity index (χ2v) is 6.91. The first-order chi connectivity index (χ1) is 11.8. The van der Waals surface area contributed by atoms with Crippen LogP contribution in [0.2, 0.25) is 0 Å². The van der Waals surface area contributed by atoms with Gasteiger partial charge in [0.25, 0.3) is 5.91 Å². The van der Waals surface area contributed by atoms with Crippen molar-refractivity contribution in [2.45, 2.75) is 18.9 Å². The lowest BCUT2D eigenvalue weighted by atomic mass is 10.0. The molecule has 1 aliphatic heterocycles. The molecule has 4 nitrogen and oxygen atoms in total. The first-order valence-corrected chi connectivity index (χ1v) is 9.13. The van der Waals surface area contributed by atoms with Gasteiger partial charge in [-0.3, -0.25) is 4.79 Å². The largest absolute Gasteiger partial charge is 0.350 e. The van der Waals surface area contributed by atoms with Gasteiger partial charge < -0.3 is 10.2 Å². The van der Waals surface area contributed by atoms with Crippen LogP contribution in [0.3, 0.4) is 0 Å². The molecule has 0 aliphatic carbocycles. The number of carbonyl (C=O) groups excluding carboxylic acids is 1. The number of aromatic nitrogens is 1. The van der Waals surface area contributed by atoms with Crippen molar-refractivity contribution >= 4 is 33.1 Å². The van der Waals surface area contributed by atoms with Crippen molar-refractivity contribution in [3.8, 4) is 0 Å². The Bertz CT molecular complexity index is 841. The van der Waals surface area contributed by atoms with Gasteiger partial charge in [0.1, 0.15) is 0 Å². The fraction of sp³-hybridized carbons (Fsp3) is 0.263. The van der Waals surface area contributed by atoms with Gasteiger partial charge in [0.15, 0.2) is 5.13 Å². The minimum atomic E-state index is -0.00205. The highest BCUT2D eigenvalue weighted by Crippen LogP contribution is 2.27. The van der Waals surface area contributed by atoms with Crippen LogP contribution in [0.5, 0.6) is 0 Å². The molecule has 1 unspecified atom stereocenters. The van der Waals surface area contributed by atoms with Crippen molar-refractivity contribution in [3.05, 3.63) is 59.6 Å². The molecule has 24 heavy (non-hydrogen) atoms. The number of hydrogen-bond acceptors (Lipinski definition) is 4. The van der Waals surface area contributed by atoms with E-state index in [-0.39, 0.29) is 5.91 Å². The normalized spacial score (nSPS) is 17.3. The summed E-state index contributed by atoms with van der Waals surface area (Å²) in [5, 5.41) is 8.27. The molecule has 0 radical (unpaired) electrons. The highest BCUT2D eigenvalue weighted by molar-refractivity contribution is 7.13. The zero-order chi connectivity index (χ0) is 16.4. The number of fused-ring (bicyclic) bond motifs is 1. The van der Waals surface area contributed by atoms with Crippen LogP contribution in [0.25, 0.3) is 10.8 Å². The lowest BCUT2D eigenvalue weighted by Crippen LogP contribution is -2.40. The number of thiazole rings is 1. The molecule has 0 saturated carbocycles. The van der Waals surface area contributed by atoms with Gasteiger partial charge in [-0.2, -0.15) is 0 Å². The Morgan fingerprint density at radius 3 is 3.00 bits per heavy atom. The fourth-order valence-corrected chi connectivity index (χ4v) is 4.13. The van der Waals surface area contributed by atoms with Crippen LogP contribution in [0, 0.1) is 0 Å². The monoisotopic (exact) mass is 337 g/mol. The predicted molar refractivity (Wildman–Crippen MR) is 98.8 cm³/mol. The third-order valence-corrected chi connectivity index (χ3v) is 5.38. The summed E-state index contributed by atoms with van der Waals surface area (Å²) in [5.74, 6) is -0.00205. The Morgan fingerprint density at radius 2 is 2.12 bits per heavy atom. The summed E-state index contributed by atoms with van der Waals surface area (Å²) in [5.41, 5.74) is 0.742. The zero-order valence-corrected chi connectivity index (χ0v) is 14.1. The van der Waals surface area contributed by atoms with E-state index in [4.69, 9.17) is 0 Å². The van der Waals surface area contributed by atoms with E-state index in [1.165, 1.54) is 0 Å². The van der Waals surface area contributed by atoms with Gasteiger partial charge in [-0.05, 0) is 29.7 Å². The number of benzene rings is 2. The van der Waals surface area contributed by atoms with Gasteiger partial charge in [0.2, 0.25) is 0 Å². The van der Waals surface area contributed by atoms with Gasteiger partial charge >= 0.3 is 0 Å². The number of hydrogen-bond donors (Lipinski definition) is 1. The lowest BCUT2D eigenvalue weighted by molar-refractivity contribution is 0.0953. The van der Waals surface area contributed by atoms with Crippen molar-refractivity contribution < 1.29 is 4.79 Å². The van der Waals surface area contributed by atoms with E-state index in [1.807, 2.05) is 54.0 Å². The van der Waals surface area contributed by atoms with Crippen LogP contribution in [0.15, 0.2) is 54.0 Å². The quantitative estimate of drug-likeness (QED) is 0.790.